The van der Waals surface area contributed by atoms with Gasteiger partial charge in [0.2, 0.25) is 11.8 Å². The minimum Gasteiger partial charge on any atom is -0.337 e. The lowest BCUT2D eigenvalue weighted by Gasteiger charge is -2.08. The molecule has 6 amide bonds. The van der Waals surface area contributed by atoms with Crippen molar-refractivity contribution in [2.24, 2.45) is 5.92 Å². The van der Waals surface area contributed by atoms with Crippen LogP contribution < -0.4 is 21.3 Å². The van der Waals surface area contributed by atoms with Gasteiger partial charge in [-0.25, -0.2) is 9.59 Å². The van der Waals surface area contributed by atoms with Gasteiger partial charge in [-0.15, -0.1) is 0 Å². The zero-order valence-corrected chi connectivity index (χ0v) is 16.9. The van der Waals surface area contributed by atoms with Crippen LogP contribution in [0.5, 0.6) is 0 Å². The second kappa shape index (κ2) is 13.0. The molecule has 0 fully saturated rings. The Bertz CT molecular complexity index is 641. The molecule has 1 aromatic rings. The largest absolute Gasteiger partial charge is 0.337 e. The summed E-state index contributed by atoms with van der Waals surface area (Å²) in [6, 6.07) is 7.70. The second-order valence-electron chi connectivity index (χ2n) is 5.85. The summed E-state index contributed by atoms with van der Waals surface area (Å²) in [6.07, 6.45) is 0.297. The standard InChI is InChI=1S/C17H24N4O4S2/c1-12(2)10-14(22)20-16(24)18-8-9-26-27-11-15(23)21-17(25)19-13-6-4-3-5-7-13/h3-7,12H,8-11H2,1-2H3,(H2,18,20,22,24)(H2,19,21,23,25). The first-order valence-corrected chi connectivity index (χ1v) is 10.8. The third kappa shape index (κ3) is 11.9. The SMILES string of the molecule is CC(C)CC(=O)NC(=O)NCCSSCC(=O)NC(=O)Nc1ccccc1. The van der Waals surface area contributed by atoms with Crippen molar-refractivity contribution in [3.05, 3.63) is 30.3 Å². The molecule has 0 aliphatic rings. The quantitative estimate of drug-likeness (QED) is 0.366. The molecule has 0 saturated heterocycles. The number of benzene rings is 1. The van der Waals surface area contributed by atoms with Crippen molar-refractivity contribution < 1.29 is 19.2 Å². The molecule has 0 atom stereocenters. The lowest BCUT2D eigenvalue weighted by atomic mass is 10.1. The van der Waals surface area contributed by atoms with E-state index in [1.54, 1.807) is 24.3 Å². The van der Waals surface area contributed by atoms with Crippen LogP contribution in [0.3, 0.4) is 0 Å². The Hall–Kier alpha value is -2.20. The Balaban J connectivity index is 2.05. The van der Waals surface area contributed by atoms with Gasteiger partial charge in [0.15, 0.2) is 0 Å². The molecule has 8 nitrogen and oxygen atoms in total. The van der Waals surface area contributed by atoms with Crippen LogP contribution in [0, 0.1) is 5.92 Å². The molecule has 0 aliphatic heterocycles. The van der Waals surface area contributed by atoms with Gasteiger partial charge in [0, 0.05) is 24.4 Å². The van der Waals surface area contributed by atoms with E-state index in [9.17, 15) is 19.2 Å². The summed E-state index contributed by atoms with van der Waals surface area (Å²) in [6.45, 7) is 4.15. The number of carbonyl (C=O) groups is 4. The van der Waals surface area contributed by atoms with Crippen LogP contribution in [-0.4, -0.2) is 41.9 Å². The first-order valence-electron chi connectivity index (χ1n) is 8.34. The Morgan fingerprint density at radius 1 is 0.926 bits per heavy atom. The van der Waals surface area contributed by atoms with Crippen molar-refractivity contribution in [3.8, 4) is 0 Å². The van der Waals surface area contributed by atoms with E-state index in [0.29, 0.717) is 24.4 Å². The van der Waals surface area contributed by atoms with Gasteiger partial charge in [-0.2, -0.15) is 0 Å². The van der Waals surface area contributed by atoms with Crippen molar-refractivity contribution in [2.45, 2.75) is 20.3 Å². The Morgan fingerprint density at radius 3 is 2.26 bits per heavy atom. The van der Waals surface area contributed by atoms with Gasteiger partial charge in [-0.3, -0.25) is 20.2 Å². The van der Waals surface area contributed by atoms with Gasteiger partial charge in [0.1, 0.15) is 0 Å². The number of carbonyl (C=O) groups excluding carboxylic acids is 4. The van der Waals surface area contributed by atoms with Crippen molar-refractivity contribution in [1.82, 2.24) is 16.0 Å². The monoisotopic (exact) mass is 412 g/mol. The van der Waals surface area contributed by atoms with Crippen molar-refractivity contribution in [2.75, 3.05) is 23.4 Å². The fourth-order valence-electron chi connectivity index (χ4n) is 1.80. The summed E-state index contributed by atoms with van der Waals surface area (Å²) in [7, 11) is 2.65. The number of hydrogen-bond acceptors (Lipinski definition) is 6. The molecule has 27 heavy (non-hydrogen) atoms. The molecule has 0 radical (unpaired) electrons. The van der Waals surface area contributed by atoms with Crippen LogP contribution in [0.2, 0.25) is 0 Å². The highest BCUT2D eigenvalue weighted by Crippen LogP contribution is 2.19. The molecule has 0 aliphatic carbocycles. The van der Waals surface area contributed by atoms with E-state index in [0.717, 1.165) is 0 Å². The van der Waals surface area contributed by atoms with Crippen molar-refractivity contribution >= 4 is 51.2 Å². The van der Waals surface area contributed by atoms with E-state index in [2.05, 4.69) is 21.3 Å². The van der Waals surface area contributed by atoms with Crippen LogP contribution in [0.4, 0.5) is 15.3 Å². The maximum atomic E-state index is 11.7. The van der Waals surface area contributed by atoms with Gasteiger partial charge < -0.3 is 10.6 Å². The van der Waals surface area contributed by atoms with Gasteiger partial charge in [-0.05, 0) is 18.1 Å². The molecule has 148 valence electrons. The number of para-hydroxylation sites is 1. The van der Waals surface area contributed by atoms with E-state index in [1.165, 1.54) is 21.6 Å². The number of amides is 6. The minimum atomic E-state index is -0.582. The Morgan fingerprint density at radius 2 is 1.59 bits per heavy atom. The Kier molecular flexibility index (Phi) is 11.0. The van der Waals surface area contributed by atoms with Crippen LogP contribution in [0.1, 0.15) is 20.3 Å². The summed E-state index contributed by atoms with van der Waals surface area (Å²) < 4.78 is 0. The average molecular weight is 413 g/mol. The lowest BCUT2D eigenvalue weighted by molar-refractivity contribution is -0.120. The van der Waals surface area contributed by atoms with Crippen LogP contribution in [-0.2, 0) is 9.59 Å². The minimum absolute atomic E-state index is 0.103. The number of anilines is 1. The zero-order valence-electron chi connectivity index (χ0n) is 15.2. The highest BCUT2D eigenvalue weighted by atomic mass is 33.1. The molecule has 0 spiro atoms. The maximum Gasteiger partial charge on any atom is 0.325 e. The second-order valence-corrected chi connectivity index (χ2v) is 8.44. The third-order valence-corrected chi connectivity index (χ3v) is 5.15. The van der Waals surface area contributed by atoms with E-state index < -0.39 is 18.0 Å². The van der Waals surface area contributed by atoms with Gasteiger partial charge in [0.25, 0.3) is 0 Å². The summed E-state index contributed by atoms with van der Waals surface area (Å²) >= 11 is 0. The van der Waals surface area contributed by atoms with Gasteiger partial charge in [0.05, 0.1) is 5.75 Å². The third-order valence-electron chi connectivity index (χ3n) is 2.88. The van der Waals surface area contributed by atoms with E-state index in [4.69, 9.17) is 0 Å². The molecule has 0 heterocycles. The molecule has 1 aromatic carbocycles. The molecular weight excluding hydrogens is 388 g/mol. The molecule has 0 bridgehead atoms. The first kappa shape index (κ1) is 22.8. The van der Waals surface area contributed by atoms with E-state index in [-0.39, 0.29) is 17.6 Å². The summed E-state index contributed by atoms with van der Waals surface area (Å²) in [4.78, 5) is 46.2. The van der Waals surface area contributed by atoms with Crippen LogP contribution >= 0.6 is 21.6 Å². The molecule has 0 aromatic heterocycles. The molecule has 4 N–H and O–H groups in total. The predicted molar refractivity (Wildman–Crippen MR) is 110 cm³/mol. The van der Waals surface area contributed by atoms with Crippen molar-refractivity contribution in [3.63, 3.8) is 0 Å². The molecule has 1 rings (SSSR count). The average Bonchev–Trinajstić information content (AvgIpc) is 2.57. The highest BCUT2D eigenvalue weighted by Gasteiger charge is 2.10. The molecular formula is C17H24N4O4S2. The first-order chi connectivity index (χ1) is 12.9. The fourth-order valence-corrected chi connectivity index (χ4v) is 3.54. The van der Waals surface area contributed by atoms with E-state index >= 15 is 0 Å². The lowest BCUT2D eigenvalue weighted by Crippen LogP contribution is -2.40. The van der Waals surface area contributed by atoms with Gasteiger partial charge >= 0.3 is 12.1 Å². The summed E-state index contributed by atoms with van der Waals surface area (Å²) in [5.41, 5.74) is 0.598. The number of urea groups is 2. The zero-order chi connectivity index (χ0) is 20.1. The van der Waals surface area contributed by atoms with E-state index in [1.807, 2.05) is 19.9 Å². The number of imide groups is 2. The topological polar surface area (TPSA) is 116 Å². The molecule has 0 saturated carbocycles. The molecule has 10 heteroatoms. The van der Waals surface area contributed by atoms with Crippen LogP contribution in [0.15, 0.2) is 30.3 Å². The van der Waals surface area contributed by atoms with Crippen LogP contribution in [0.25, 0.3) is 0 Å². The number of rotatable bonds is 9. The summed E-state index contributed by atoms with van der Waals surface area (Å²) in [5.74, 6) is 0.123. The summed E-state index contributed by atoms with van der Waals surface area (Å²) in [5, 5.41) is 9.60. The number of hydrogen-bond donors (Lipinski definition) is 4. The fraction of sp³-hybridized carbons (Fsp3) is 0.412. The predicted octanol–water partition coefficient (Wildman–Crippen LogP) is 2.59. The smallest absolute Gasteiger partial charge is 0.325 e. The maximum absolute atomic E-state index is 11.7. The Labute approximate surface area is 166 Å². The highest BCUT2D eigenvalue weighted by molar-refractivity contribution is 8.76. The van der Waals surface area contributed by atoms with Gasteiger partial charge in [-0.1, -0.05) is 53.6 Å². The normalized spacial score (nSPS) is 10.2. The van der Waals surface area contributed by atoms with Crippen molar-refractivity contribution in [1.29, 1.82) is 0 Å². The molecule has 0 unspecified atom stereocenters. The number of nitrogens with one attached hydrogen (secondary N) is 4.